The number of aromatic nitrogens is 5. The molecule has 4 aromatic heterocycles. The van der Waals surface area contributed by atoms with Gasteiger partial charge in [-0.25, -0.2) is 4.98 Å². The summed E-state index contributed by atoms with van der Waals surface area (Å²) in [5.41, 5.74) is 11.0. The summed E-state index contributed by atoms with van der Waals surface area (Å²) in [6.45, 7) is 0. The van der Waals surface area contributed by atoms with E-state index in [1.165, 1.54) is 5.39 Å². The summed E-state index contributed by atoms with van der Waals surface area (Å²) < 4.78 is 11.2. The van der Waals surface area contributed by atoms with Crippen molar-refractivity contribution in [2.24, 2.45) is 0 Å². The summed E-state index contributed by atoms with van der Waals surface area (Å²) in [4.78, 5) is 16.0. The van der Waals surface area contributed by atoms with Crippen molar-refractivity contribution in [3.8, 4) is 45.5 Å². The highest BCUT2D eigenvalue weighted by Crippen LogP contribution is 2.42. The number of rotatable bonds is 5. The third-order valence-electron chi connectivity index (χ3n) is 11.2. The monoisotopic (exact) mass is 729 g/mol. The predicted octanol–water partition coefficient (Wildman–Crippen LogP) is 13.0. The van der Waals surface area contributed by atoms with Gasteiger partial charge in [-0.05, 0) is 53.6 Å². The van der Waals surface area contributed by atoms with E-state index in [4.69, 9.17) is 19.4 Å². The molecular weight excluding hydrogens is 699 g/mol. The average molecular weight is 730 g/mol. The van der Waals surface area contributed by atoms with Crippen molar-refractivity contribution in [2.45, 2.75) is 0 Å². The Balaban J connectivity index is 1.19. The van der Waals surface area contributed by atoms with Crippen molar-refractivity contribution in [1.82, 2.24) is 24.1 Å². The Morgan fingerprint density at radius 2 is 0.947 bits per heavy atom. The van der Waals surface area contributed by atoms with Crippen LogP contribution >= 0.6 is 0 Å². The van der Waals surface area contributed by atoms with Crippen LogP contribution in [0.25, 0.3) is 111 Å². The van der Waals surface area contributed by atoms with Gasteiger partial charge in [0.1, 0.15) is 11.2 Å². The maximum Gasteiger partial charge on any atom is 0.238 e. The first-order chi connectivity index (χ1) is 28.3. The lowest BCUT2D eigenvalue weighted by Gasteiger charge is -2.13. The van der Waals surface area contributed by atoms with E-state index in [-0.39, 0.29) is 0 Å². The van der Waals surface area contributed by atoms with E-state index in [2.05, 4.69) is 161 Å². The molecule has 0 aliphatic heterocycles. The van der Waals surface area contributed by atoms with Crippen LogP contribution in [0.5, 0.6) is 0 Å². The fraction of sp³-hybridized carbons (Fsp3) is 0. The molecule has 0 bridgehead atoms. The van der Waals surface area contributed by atoms with Crippen LogP contribution in [-0.4, -0.2) is 24.1 Å². The van der Waals surface area contributed by atoms with Gasteiger partial charge in [-0.15, -0.1) is 0 Å². The molecule has 0 radical (unpaired) electrons. The van der Waals surface area contributed by atoms with E-state index in [1.54, 1.807) is 0 Å². The molecule has 0 saturated carbocycles. The lowest BCUT2D eigenvalue weighted by Crippen LogP contribution is -2.07. The van der Waals surface area contributed by atoms with Gasteiger partial charge in [-0.2, -0.15) is 9.97 Å². The van der Waals surface area contributed by atoms with E-state index in [0.29, 0.717) is 17.6 Å². The molecule has 0 aliphatic rings. The van der Waals surface area contributed by atoms with Crippen molar-refractivity contribution in [1.29, 1.82) is 0 Å². The smallest absolute Gasteiger partial charge is 0.238 e. The molecule has 12 rings (SSSR count). The van der Waals surface area contributed by atoms with Gasteiger partial charge in [0, 0.05) is 49.1 Å². The Kier molecular flexibility index (Phi) is 6.83. The zero-order valence-electron chi connectivity index (χ0n) is 30.5. The van der Waals surface area contributed by atoms with Gasteiger partial charge in [-0.1, -0.05) is 146 Å². The molecule has 12 aromatic rings. The highest BCUT2D eigenvalue weighted by Gasteiger charge is 2.24. The van der Waals surface area contributed by atoms with Gasteiger partial charge in [0.2, 0.25) is 5.95 Å². The molecule has 0 saturated heterocycles. The topological polar surface area (TPSA) is 61.7 Å². The van der Waals surface area contributed by atoms with Crippen LogP contribution in [0, 0.1) is 0 Å². The Morgan fingerprint density at radius 3 is 1.67 bits per heavy atom. The number of para-hydroxylation sites is 3. The van der Waals surface area contributed by atoms with E-state index >= 15 is 0 Å². The van der Waals surface area contributed by atoms with Crippen LogP contribution in [0.2, 0.25) is 0 Å². The minimum absolute atomic E-state index is 0.540. The van der Waals surface area contributed by atoms with Crippen molar-refractivity contribution in [2.75, 3.05) is 0 Å². The number of furan rings is 1. The molecule has 6 nitrogen and oxygen atoms in total. The Hall–Kier alpha value is -7.83. The summed E-state index contributed by atoms with van der Waals surface area (Å²) in [5, 5.41) is 6.57. The lowest BCUT2D eigenvalue weighted by atomic mass is 10.0. The molecular formula is C51H31N5O. The molecule has 8 aromatic carbocycles. The highest BCUT2D eigenvalue weighted by atomic mass is 16.3. The molecule has 4 heterocycles. The minimum atomic E-state index is 0.540. The van der Waals surface area contributed by atoms with Crippen LogP contribution in [0.1, 0.15) is 0 Å². The van der Waals surface area contributed by atoms with Gasteiger partial charge in [0.25, 0.3) is 0 Å². The Morgan fingerprint density at radius 1 is 0.368 bits per heavy atom. The van der Waals surface area contributed by atoms with Crippen molar-refractivity contribution in [3.05, 3.63) is 188 Å². The quantitative estimate of drug-likeness (QED) is 0.177. The van der Waals surface area contributed by atoms with E-state index < -0.39 is 0 Å². The Labute approximate surface area is 326 Å². The van der Waals surface area contributed by atoms with Crippen LogP contribution in [0.4, 0.5) is 0 Å². The summed E-state index contributed by atoms with van der Waals surface area (Å²) in [6, 6.07) is 65.4. The molecule has 0 spiro atoms. The van der Waals surface area contributed by atoms with Crippen LogP contribution in [-0.2, 0) is 0 Å². The number of fused-ring (bicyclic) bond motifs is 10. The molecule has 0 unspecified atom stereocenters. The fourth-order valence-electron chi connectivity index (χ4n) is 8.68. The molecule has 0 amide bonds. The predicted molar refractivity (Wildman–Crippen MR) is 232 cm³/mol. The summed E-state index contributed by atoms with van der Waals surface area (Å²) in [5.74, 6) is 1.70. The third-order valence-corrected chi connectivity index (χ3v) is 11.2. The molecule has 0 atom stereocenters. The lowest BCUT2D eigenvalue weighted by molar-refractivity contribution is 0.669. The largest absolute Gasteiger partial charge is 0.456 e. The average Bonchev–Trinajstić information content (AvgIpc) is 3.95. The third kappa shape index (κ3) is 4.81. The number of nitrogens with zero attached hydrogens (tertiary/aromatic N) is 5. The SMILES string of the molecule is c1ccc(-c2ccc3c(c2)oc2cccc(-c4nc(-c5ccccc5)nc(-n5c6ccccc6c6ccc7c8ccccc8n(-c8ccccc8)c7c65)n4)c23)cc1. The first-order valence-corrected chi connectivity index (χ1v) is 19.1. The zero-order valence-corrected chi connectivity index (χ0v) is 30.5. The Bertz CT molecular complexity index is 3510. The normalized spacial score (nSPS) is 11.9. The minimum Gasteiger partial charge on any atom is -0.456 e. The van der Waals surface area contributed by atoms with Crippen molar-refractivity contribution < 1.29 is 4.42 Å². The number of hydrogen-bond acceptors (Lipinski definition) is 4. The second-order valence-electron chi connectivity index (χ2n) is 14.4. The van der Waals surface area contributed by atoms with Gasteiger partial charge in [0.05, 0.1) is 22.1 Å². The zero-order chi connectivity index (χ0) is 37.5. The number of benzene rings is 8. The molecule has 266 valence electrons. The van der Waals surface area contributed by atoms with Crippen LogP contribution in [0.15, 0.2) is 192 Å². The van der Waals surface area contributed by atoms with Crippen LogP contribution in [0.3, 0.4) is 0 Å². The molecule has 0 N–H and O–H groups in total. The van der Waals surface area contributed by atoms with E-state index in [0.717, 1.165) is 88.1 Å². The number of hydrogen-bond donors (Lipinski definition) is 0. The highest BCUT2D eigenvalue weighted by molar-refractivity contribution is 6.23. The molecule has 57 heavy (non-hydrogen) atoms. The van der Waals surface area contributed by atoms with Gasteiger partial charge >= 0.3 is 0 Å². The summed E-state index contributed by atoms with van der Waals surface area (Å²) in [7, 11) is 0. The maximum absolute atomic E-state index is 6.56. The molecule has 0 aliphatic carbocycles. The molecule has 6 heteroatoms. The van der Waals surface area contributed by atoms with Gasteiger partial charge in [0.15, 0.2) is 11.6 Å². The van der Waals surface area contributed by atoms with Crippen molar-refractivity contribution >= 4 is 65.6 Å². The summed E-state index contributed by atoms with van der Waals surface area (Å²) in [6.07, 6.45) is 0. The second kappa shape index (κ2) is 12.3. The van der Waals surface area contributed by atoms with E-state index in [1.807, 2.05) is 36.4 Å². The standard InChI is InChI=1S/C51H31N5O/c1-4-15-32(16-5-1)34-27-28-40-45(31-34)57-44-26-14-23-41(46(40)44)50-52-49(33-17-6-2-7-18-33)53-51(54-50)56-43-25-13-11-22-37(43)39-30-29-38-36-21-10-12-24-42(36)55(47(38)48(39)56)35-19-8-3-9-20-35/h1-31H. The van der Waals surface area contributed by atoms with Crippen molar-refractivity contribution in [3.63, 3.8) is 0 Å². The summed E-state index contributed by atoms with van der Waals surface area (Å²) >= 11 is 0. The maximum atomic E-state index is 6.56. The second-order valence-corrected chi connectivity index (χ2v) is 14.4. The first kappa shape index (κ1) is 31.5. The fourth-order valence-corrected chi connectivity index (χ4v) is 8.68. The molecule has 0 fully saturated rings. The van der Waals surface area contributed by atoms with Crippen LogP contribution < -0.4 is 0 Å². The van der Waals surface area contributed by atoms with E-state index in [9.17, 15) is 0 Å². The first-order valence-electron chi connectivity index (χ1n) is 19.1. The van der Waals surface area contributed by atoms with Gasteiger partial charge in [-0.3, -0.25) is 4.57 Å². The van der Waals surface area contributed by atoms with Gasteiger partial charge < -0.3 is 8.98 Å².